The lowest BCUT2D eigenvalue weighted by Crippen LogP contribution is -2.11. The topological polar surface area (TPSA) is 71.0 Å². The minimum Gasteiger partial charge on any atom is -0.507 e. The molecule has 0 radical (unpaired) electrons. The van der Waals surface area contributed by atoms with Crippen molar-refractivity contribution in [1.82, 2.24) is 0 Å². The molecule has 1 heterocycles. The number of nitrogens with zero attached hydrogens (tertiary/aromatic N) is 2. The number of nitrogens with two attached hydrogens (primary N) is 1. The molecule has 1 aromatic rings. The number of para-hydroxylation sites is 1. The molecule has 0 fully saturated rings. The normalized spacial score (nSPS) is 17.4. The molecule has 0 spiro atoms. The van der Waals surface area contributed by atoms with Crippen LogP contribution in [0.25, 0.3) is 6.08 Å². The van der Waals surface area contributed by atoms with Crippen LogP contribution in [0.4, 0.5) is 0 Å². The summed E-state index contributed by atoms with van der Waals surface area (Å²) >= 11 is 0. The second-order valence-electron chi connectivity index (χ2n) is 2.89. The van der Waals surface area contributed by atoms with Crippen LogP contribution in [0, 0.1) is 0 Å². The maximum absolute atomic E-state index is 9.49. The number of benzene rings is 1. The monoisotopic (exact) mass is 187 g/mol. The number of hydrogen-bond donors (Lipinski definition) is 2. The molecule has 2 rings (SSSR count). The van der Waals surface area contributed by atoms with E-state index in [0.29, 0.717) is 17.0 Å². The fraction of sp³-hybridized carbons (Fsp3) is 0. The molecule has 3 N–H and O–H groups in total. The molecule has 0 atom stereocenters. The highest BCUT2D eigenvalue weighted by Crippen LogP contribution is 2.19. The van der Waals surface area contributed by atoms with Crippen LogP contribution in [0.15, 0.2) is 40.0 Å². The van der Waals surface area contributed by atoms with E-state index in [2.05, 4.69) is 10.2 Å². The summed E-state index contributed by atoms with van der Waals surface area (Å²) in [6.07, 6.45) is 3.30. The van der Waals surface area contributed by atoms with Crippen LogP contribution in [0.1, 0.15) is 5.56 Å². The molecule has 0 saturated heterocycles. The predicted octanol–water partition coefficient (Wildman–Crippen LogP) is 1.13. The first kappa shape index (κ1) is 8.50. The smallest absolute Gasteiger partial charge is 0.154 e. The zero-order valence-electron chi connectivity index (χ0n) is 7.38. The molecule has 1 aliphatic rings. The minimum absolute atomic E-state index is 0.216. The first-order valence-electron chi connectivity index (χ1n) is 4.14. The number of aromatic hydroxyl groups is 1. The Bertz CT molecular complexity index is 446. The van der Waals surface area contributed by atoms with Gasteiger partial charge in [0.15, 0.2) is 5.84 Å². The zero-order chi connectivity index (χ0) is 9.97. The van der Waals surface area contributed by atoms with Gasteiger partial charge in [0, 0.05) is 11.1 Å². The minimum atomic E-state index is 0.216. The first-order chi connectivity index (χ1) is 6.77. The summed E-state index contributed by atoms with van der Waals surface area (Å²) in [6, 6.07) is 7.01. The van der Waals surface area contributed by atoms with Gasteiger partial charge in [-0.05, 0) is 12.1 Å². The highest BCUT2D eigenvalue weighted by molar-refractivity contribution is 6.20. The van der Waals surface area contributed by atoms with Crippen molar-refractivity contribution in [2.24, 2.45) is 15.9 Å². The molecule has 0 bridgehead atoms. The van der Waals surface area contributed by atoms with Crippen molar-refractivity contribution < 1.29 is 5.11 Å². The lowest BCUT2D eigenvalue weighted by atomic mass is 10.1. The highest BCUT2D eigenvalue weighted by Gasteiger charge is 2.06. The maximum Gasteiger partial charge on any atom is 0.154 e. The number of amidine groups is 1. The van der Waals surface area contributed by atoms with Gasteiger partial charge in [0.05, 0.1) is 6.21 Å². The Hall–Kier alpha value is -2.10. The van der Waals surface area contributed by atoms with E-state index in [1.807, 2.05) is 6.07 Å². The fourth-order valence-corrected chi connectivity index (χ4v) is 1.17. The lowest BCUT2D eigenvalue weighted by molar-refractivity contribution is 0.474. The lowest BCUT2D eigenvalue weighted by Gasteiger charge is -1.98. The Morgan fingerprint density at radius 2 is 2.07 bits per heavy atom. The van der Waals surface area contributed by atoms with Crippen molar-refractivity contribution in [3.05, 3.63) is 35.4 Å². The van der Waals surface area contributed by atoms with Crippen LogP contribution in [0.2, 0.25) is 0 Å². The molecular formula is C10H9N3O. The van der Waals surface area contributed by atoms with Crippen molar-refractivity contribution in [2.45, 2.75) is 0 Å². The number of rotatable bonds is 1. The Labute approximate surface area is 81.1 Å². The molecule has 1 aromatic carbocycles. The molecule has 1 aliphatic heterocycles. The van der Waals surface area contributed by atoms with Crippen molar-refractivity contribution in [3.8, 4) is 5.75 Å². The molecule has 0 unspecified atom stereocenters. The third-order valence-electron chi connectivity index (χ3n) is 1.91. The number of phenolic OH excluding ortho intramolecular Hbond substituents is 1. The molecule has 0 saturated carbocycles. The van der Waals surface area contributed by atoms with Gasteiger partial charge in [-0.15, -0.1) is 5.10 Å². The summed E-state index contributed by atoms with van der Waals surface area (Å²) < 4.78 is 0. The van der Waals surface area contributed by atoms with E-state index in [1.54, 1.807) is 30.5 Å². The van der Waals surface area contributed by atoms with Crippen LogP contribution < -0.4 is 5.73 Å². The van der Waals surface area contributed by atoms with Crippen molar-refractivity contribution in [2.75, 3.05) is 0 Å². The molecule has 0 aromatic heterocycles. The first-order valence-corrected chi connectivity index (χ1v) is 4.14. The second-order valence-corrected chi connectivity index (χ2v) is 2.89. The summed E-state index contributed by atoms with van der Waals surface area (Å²) in [5, 5.41) is 16.8. The van der Waals surface area contributed by atoms with Crippen LogP contribution in [-0.2, 0) is 0 Å². The summed E-state index contributed by atoms with van der Waals surface area (Å²) in [4.78, 5) is 0. The molecular weight excluding hydrogens is 178 g/mol. The Kier molecular flexibility index (Phi) is 2.02. The molecule has 0 amide bonds. The average Bonchev–Trinajstić information content (AvgIpc) is 2.56. The Morgan fingerprint density at radius 3 is 2.71 bits per heavy atom. The maximum atomic E-state index is 9.49. The summed E-state index contributed by atoms with van der Waals surface area (Å²) in [5.41, 5.74) is 6.97. The molecule has 4 nitrogen and oxygen atoms in total. The van der Waals surface area contributed by atoms with Crippen molar-refractivity contribution in [1.29, 1.82) is 0 Å². The van der Waals surface area contributed by atoms with Crippen molar-refractivity contribution in [3.63, 3.8) is 0 Å². The fourth-order valence-electron chi connectivity index (χ4n) is 1.17. The summed E-state index contributed by atoms with van der Waals surface area (Å²) in [6.45, 7) is 0. The van der Waals surface area contributed by atoms with E-state index in [1.165, 1.54) is 0 Å². The van der Waals surface area contributed by atoms with Crippen LogP contribution >= 0.6 is 0 Å². The van der Waals surface area contributed by atoms with Gasteiger partial charge in [0.1, 0.15) is 5.75 Å². The quantitative estimate of drug-likeness (QED) is 0.691. The van der Waals surface area contributed by atoms with Gasteiger partial charge < -0.3 is 10.8 Å². The third kappa shape index (κ3) is 1.50. The summed E-state index contributed by atoms with van der Waals surface area (Å²) in [7, 11) is 0. The van der Waals surface area contributed by atoms with Crippen LogP contribution in [0.3, 0.4) is 0 Å². The van der Waals surface area contributed by atoms with Gasteiger partial charge in [0.2, 0.25) is 0 Å². The van der Waals surface area contributed by atoms with E-state index in [0.717, 1.165) is 0 Å². The standard InChI is InChI=1S/C10H9N3O/c11-10-8(6-12-13-10)5-7-3-1-2-4-9(7)14/h1-6,14H,(H2,11,13). The van der Waals surface area contributed by atoms with Gasteiger partial charge in [0.25, 0.3) is 0 Å². The van der Waals surface area contributed by atoms with E-state index >= 15 is 0 Å². The van der Waals surface area contributed by atoms with Gasteiger partial charge >= 0.3 is 0 Å². The second kappa shape index (κ2) is 3.33. The van der Waals surface area contributed by atoms with Crippen LogP contribution in [0.5, 0.6) is 5.75 Å². The van der Waals surface area contributed by atoms with E-state index in [4.69, 9.17) is 5.73 Å². The largest absolute Gasteiger partial charge is 0.507 e. The predicted molar refractivity (Wildman–Crippen MR) is 56.2 cm³/mol. The SMILES string of the molecule is NC1=NN=CC1=Cc1ccccc1O. The van der Waals surface area contributed by atoms with Gasteiger partial charge in [-0.25, -0.2) is 0 Å². The van der Waals surface area contributed by atoms with Gasteiger partial charge in [-0.2, -0.15) is 5.10 Å². The number of phenols is 1. The third-order valence-corrected chi connectivity index (χ3v) is 1.91. The van der Waals surface area contributed by atoms with Gasteiger partial charge in [-0.3, -0.25) is 0 Å². The molecule has 70 valence electrons. The average molecular weight is 187 g/mol. The molecule has 14 heavy (non-hydrogen) atoms. The molecule has 4 heteroatoms. The molecule has 0 aliphatic carbocycles. The van der Waals surface area contributed by atoms with E-state index in [9.17, 15) is 5.11 Å². The van der Waals surface area contributed by atoms with E-state index in [-0.39, 0.29) is 5.75 Å². The van der Waals surface area contributed by atoms with E-state index < -0.39 is 0 Å². The Morgan fingerprint density at radius 1 is 1.29 bits per heavy atom. The van der Waals surface area contributed by atoms with Crippen LogP contribution in [-0.4, -0.2) is 17.2 Å². The highest BCUT2D eigenvalue weighted by atomic mass is 16.3. The Balaban J connectivity index is 2.39. The van der Waals surface area contributed by atoms with Crippen molar-refractivity contribution >= 4 is 18.1 Å². The number of hydrogen-bond acceptors (Lipinski definition) is 4. The van der Waals surface area contributed by atoms with Gasteiger partial charge in [-0.1, -0.05) is 18.2 Å². The summed E-state index contributed by atoms with van der Waals surface area (Å²) in [5.74, 6) is 0.585. The zero-order valence-corrected chi connectivity index (χ0v) is 7.38.